The maximum Gasteiger partial charge on any atom is 0.407 e. The van der Waals surface area contributed by atoms with E-state index in [-0.39, 0.29) is 0 Å². The second kappa shape index (κ2) is 3.09. The summed E-state index contributed by atoms with van der Waals surface area (Å²) < 4.78 is 0. The Morgan fingerprint density at radius 3 is 2.55 bits per heavy atom. The Morgan fingerprint density at radius 1 is 1.64 bits per heavy atom. The van der Waals surface area contributed by atoms with Gasteiger partial charge in [0.1, 0.15) is 0 Å². The molecule has 0 unspecified atom stereocenters. The normalized spacial score (nSPS) is 24.6. The van der Waals surface area contributed by atoms with Gasteiger partial charge < -0.3 is 14.9 Å². The molecule has 0 radical (unpaired) electrons. The average molecular weight is 158 g/mol. The Hall–Kier alpha value is -0.770. The van der Waals surface area contributed by atoms with Gasteiger partial charge >= 0.3 is 6.09 Å². The van der Waals surface area contributed by atoms with Gasteiger partial charge in [-0.05, 0) is 20.5 Å². The van der Waals surface area contributed by atoms with Crippen molar-refractivity contribution in [2.45, 2.75) is 12.5 Å². The maximum absolute atomic E-state index is 10.5. The number of nitrogens with zero attached hydrogens (tertiary/aromatic N) is 2. The van der Waals surface area contributed by atoms with Gasteiger partial charge in [0.15, 0.2) is 0 Å². The van der Waals surface area contributed by atoms with Crippen molar-refractivity contribution in [1.82, 2.24) is 9.80 Å². The third-order valence-corrected chi connectivity index (χ3v) is 2.16. The summed E-state index contributed by atoms with van der Waals surface area (Å²) in [7, 11) is 3.96. The largest absolute Gasteiger partial charge is 0.465 e. The third-order valence-electron chi connectivity index (χ3n) is 2.16. The molecule has 0 aromatic heterocycles. The first-order valence-electron chi connectivity index (χ1n) is 3.75. The van der Waals surface area contributed by atoms with E-state index < -0.39 is 6.09 Å². The van der Waals surface area contributed by atoms with Crippen molar-refractivity contribution in [3.05, 3.63) is 0 Å². The summed E-state index contributed by atoms with van der Waals surface area (Å²) in [5, 5.41) is 8.62. The van der Waals surface area contributed by atoms with Crippen LogP contribution in [0.1, 0.15) is 6.42 Å². The van der Waals surface area contributed by atoms with Crippen molar-refractivity contribution < 1.29 is 9.90 Å². The highest BCUT2D eigenvalue weighted by Gasteiger charge is 2.26. The van der Waals surface area contributed by atoms with Crippen molar-refractivity contribution in [3.8, 4) is 0 Å². The molecule has 1 N–H and O–H groups in total. The SMILES string of the molecule is CN(C)[C@H]1CCN(C(=O)O)C1. The van der Waals surface area contributed by atoms with Gasteiger partial charge in [0.25, 0.3) is 0 Å². The van der Waals surface area contributed by atoms with Gasteiger partial charge in [0.05, 0.1) is 0 Å². The van der Waals surface area contributed by atoms with Crippen LogP contribution in [0.5, 0.6) is 0 Å². The van der Waals surface area contributed by atoms with Crippen molar-refractivity contribution in [3.63, 3.8) is 0 Å². The van der Waals surface area contributed by atoms with Crippen LogP contribution in [0, 0.1) is 0 Å². The highest BCUT2D eigenvalue weighted by atomic mass is 16.4. The van der Waals surface area contributed by atoms with Crippen molar-refractivity contribution >= 4 is 6.09 Å². The van der Waals surface area contributed by atoms with E-state index in [9.17, 15) is 4.79 Å². The number of hydrogen-bond donors (Lipinski definition) is 1. The molecule has 0 saturated carbocycles. The van der Waals surface area contributed by atoms with Crippen LogP contribution in [-0.4, -0.2) is 54.2 Å². The number of likely N-dealkylation sites (N-methyl/N-ethyl adjacent to an activating group) is 1. The maximum atomic E-state index is 10.5. The van der Waals surface area contributed by atoms with Crippen LogP contribution in [0.15, 0.2) is 0 Å². The van der Waals surface area contributed by atoms with E-state index in [1.165, 1.54) is 4.90 Å². The second-order valence-corrected chi connectivity index (χ2v) is 3.13. The summed E-state index contributed by atoms with van der Waals surface area (Å²) in [5.74, 6) is 0. The molecule has 1 atom stereocenters. The fourth-order valence-corrected chi connectivity index (χ4v) is 1.34. The van der Waals surface area contributed by atoms with Gasteiger partial charge in [-0.25, -0.2) is 4.79 Å². The first kappa shape index (κ1) is 8.33. The molecule has 1 amide bonds. The number of carboxylic acid groups (broad SMARTS) is 1. The molecule has 1 heterocycles. The van der Waals surface area contributed by atoms with Crippen LogP contribution in [-0.2, 0) is 0 Å². The number of amides is 1. The molecule has 0 aliphatic carbocycles. The van der Waals surface area contributed by atoms with E-state index in [0.29, 0.717) is 19.1 Å². The van der Waals surface area contributed by atoms with Gasteiger partial charge in [-0.1, -0.05) is 0 Å². The minimum atomic E-state index is -0.797. The Balaban J connectivity index is 2.41. The van der Waals surface area contributed by atoms with Crippen LogP contribution in [0.2, 0.25) is 0 Å². The summed E-state index contributed by atoms with van der Waals surface area (Å²) in [5.41, 5.74) is 0. The van der Waals surface area contributed by atoms with Gasteiger partial charge in [-0.2, -0.15) is 0 Å². The van der Waals surface area contributed by atoms with E-state index in [1.54, 1.807) is 0 Å². The zero-order chi connectivity index (χ0) is 8.43. The summed E-state index contributed by atoms with van der Waals surface area (Å²) in [6.45, 7) is 1.33. The van der Waals surface area contributed by atoms with Crippen molar-refractivity contribution in [2.75, 3.05) is 27.2 Å². The van der Waals surface area contributed by atoms with Crippen LogP contribution in [0.25, 0.3) is 0 Å². The van der Waals surface area contributed by atoms with Gasteiger partial charge in [0, 0.05) is 19.1 Å². The van der Waals surface area contributed by atoms with E-state index >= 15 is 0 Å². The molecule has 0 aromatic rings. The van der Waals surface area contributed by atoms with Gasteiger partial charge in [0.2, 0.25) is 0 Å². The summed E-state index contributed by atoms with van der Waals surface area (Å²) >= 11 is 0. The predicted octanol–water partition coefficient (Wildman–Crippen LogP) is 0.300. The molecule has 1 aliphatic rings. The standard InChI is InChI=1S/C7H14N2O2/c1-8(2)6-3-4-9(5-6)7(10)11/h6H,3-5H2,1-2H3,(H,10,11)/t6-/m0/s1. The highest BCUT2D eigenvalue weighted by molar-refractivity contribution is 5.65. The minimum Gasteiger partial charge on any atom is -0.465 e. The number of hydrogen-bond acceptors (Lipinski definition) is 2. The lowest BCUT2D eigenvalue weighted by atomic mass is 10.2. The lowest BCUT2D eigenvalue weighted by Crippen LogP contribution is -2.33. The molecular formula is C7H14N2O2. The van der Waals surface area contributed by atoms with E-state index in [1.807, 2.05) is 14.1 Å². The van der Waals surface area contributed by atoms with Crippen molar-refractivity contribution in [2.24, 2.45) is 0 Å². The van der Waals surface area contributed by atoms with Crippen LogP contribution >= 0.6 is 0 Å². The number of likely N-dealkylation sites (tertiary alicyclic amines) is 1. The van der Waals surface area contributed by atoms with Crippen molar-refractivity contribution in [1.29, 1.82) is 0 Å². The molecule has 0 bridgehead atoms. The Bertz CT molecular complexity index is 159. The highest BCUT2D eigenvalue weighted by Crippen LogP contribution is 2.12. The zero-order valence-electron chi connectivity index (χ0n) is 6.95. The molecular weight excluding hydrogens is 144 g/mol. The molecule has 1 rings (SSSR count). The zero-order valence-corrected chi connectivity index (χ0v) is 6.95. The monoisotopic (exact) mass is 158 g/mol. The average Bonchev–Trinajstić information content (AvgIpc) is 2.33. The quantitative estimate of drug-likeness (QED) is 0.597. The molecule has 11 heavy (non-hydrogen) atoms. The number of carbonyl (C=O) groups is 1. The van der Waals surface area contributed by atoms with E-state index in [2.05, 4.69) is 4.90 Å². The molecule has 4 nitrogen and oxygen atoms in total. The molecule has 1 aliphatic heterocycles. The minimum absolute atomic E-state index is 0.408. The van der Waals surface area contributed by atoms with E-state index in [4.69, 9.17) is 5.11 Å². The Kier molecular flexibility index (Phi) is 2.34. The lowest BCUT2D eigenvalue weighted by molar-refractivity contribution is 0.152. The Morgan fingerprint density at radius 2 is 2.27 bits per heavy atom. The summed E-state index contributed by atoms with van der Waals surface area (Å²) in [4.78, 5) is 14.0. The molecule has 1 fully saturated rings. The lowest BCUT2D eigenvalue weighted by Gasteiger charge is -2.18. The van der Waals surface area contributed by atoms with Crippen LogP contribution in [0.3, 0.4) is 0 Å². The predicted molar refractivity (Wildman–Crippen MR) is 41.7 cm³/mol. The summed E-state index contributed by atoms with van der Waals surface area (Å²) in [6, 6.07) is 0.408. The topological polar surface area (TPSA) is 43.8 Å². The molecule has 1 saturated heterocycles. The van der Waals surface area contributed by atoms with E-state index in [0.717, 1.165) is 6.42 Å². The molecule has 64 valence electrons. The first-order chi connectivity index (χ1) is 5.11. The smallest absolute Gasteiger partial charge is 0.407 e. The Labute approximate surface area is 66.4 Å². The molecule has 4 heteroatoms. The van der Waals surface area contributed by atoms with Gasteiger partial charge in [-0.3, -0.25) is 0 Å². The summed E-state index contributed by atoms with van der Waals surface area (Å²) in [6.07, 6.45) is 0.161. The molecule has 0 spiro atoms. The van der Waals surface area contributed by atoms with Crippen LogP contribution < -0.4 is 0 Å². The fourth-order valence-electron chi connectivity index (χ4n) is 1.34. The first-order valence-corrected chi connectivity index (χ1v) is 3.75. The number of rotatable bonds is 1. The second-order valence-electron chi connectivity index (χ2n) is 3.13. The van der Waals surface area contributed by atoms with Crippen LogP contribution in [0.4, 0.5) is 4.79 Å². The fraction of sp³-hybridized carbons (Fsp3) is 0.857. The molecule has 0 aromatic carbocycles. The third kappa shape index (κ3) is 1.83. The van der Waals surface area contributed by atoms with Gasteiger partial charge in [-0.15, -0.1) is 0 Å².